The molecule has 0 aliphatic rings. The van der Waals surface area contributed by atoms with Gasteiger partial charge in [0, 0.05) is 10.6 Å². The van der Waals surface area contributed by atoms with Gasteiger partial charge in [0.05, 0.1) is 0 Å². The average molecular weight is 293 g/mol. The molecule has 2 rings (SSSR count). The van der Waals surface area contributed by atoms with E-state index in [1.165, 1.54) is 12.1 Å². The van der Waals surface area contributed by atoms with E-state index in [0.29, 0.717) is 0 Å². The molecular weight excluding hydrogens is 275 g/mol. The Balaban J connectivity index is 2.69. The number of rotatable bonds is 2. The molecule has 0 aromatic heterocycles. The van der Waals surface area contributed by atoms with Gasteiger partial charge in [-0.3, -0.25) is 0 Å². The van der Waals surface area contributed by atoms with Crippen LogP contribution in [0.15, 0.2) is 24.3 Å². The van der Waals surface area contributed by atoms with Crippen molar-refractivity contribution >= 4 is 11.6 Å². The zero-order valence-electron chi connectivity index (χ0n) is 12.1. The fraction of sp³-hybridized carbons (Fsp3) is 0.294. The molecule has 106 valence electrons. The molecule has 0 bridgehead atoms. The summed E-state index contributed by atoms with van der Waals surface area (Å²) in [4.78, 5) is 0. The Morgan fingerprint density at radius 1 is 1.00 bits per heavy atom. The second-order valence-corrected chi connectivity index (χ2v) is 5.62. The third kappa shape index (κ3) is 2.46. The highest BCUT2D eigenvalue weighted by Crippen LogP contribution is 2.35. The van der Waals surface area contributed by atoms with E-state index in [9.17, 15) is 9.50 Å². The molecule has 1 nitrogen and oxygen atoms in total. The first-order valence-electron chi connectivity index (χ1n) is 6.53. The highest BCUT2D eigenvalue weighted by molar-refractivity contribution is 6.31. The number of hydrogen-bond donors (Lipinski definition) is 1. The van der Waals surface area contributed by atoms with Crippen molar-refractivity contribution in [3.05, 3.63) is 68.5 Å². The van der Waals surface area contributed by atoms with E-state index in [4.69, 9.17) is 11.6 Å². The zero-order valence-corrected chi connectivity index (χ0v) is 12.8. The first kappa shape index (κ1) is 15.0. The third-order valence-corrected chi connectivity index (χ3v) is 4.30. The van der Waals surface area contributed by atoms with Gasteiger partial charge >= 0.3 is 0 Å². The first-order chi connectivity index (χ1) is 9.34. The number of aryl methyl sites for hydroxylation is 2. The molecular formula is C17H18ClFO. The van der Waals surface area contributed by atoms with Crippen LogP contribution in [0.5, 0.6) is 0 Å². The van der Waals surface area contributed by atoms with E-state index >= 15 is 0 Å². The Hall–Kier alpha value is -1.38. The average Bonchev–Trinajstić information content (AvgIpc) is 2.36. The molecule has 1 unspecified atom stereocenters. The minimum Gasteiger partial charge on any atom is -0.383 e. The van der Waals surface area contributed by atoms with Crippen LogP contribution in [-0.4, -0.2) is 5.11 Å². The van der Waals surface area contributed by atoms with Crippen LogP contribution in [0, 0.1) is 33.5 Å². The summed E-state index contributed by atoms with van der Waals surface area (Å²) in [5, 5.41) is 10.9. The SMILES string of the molecule is Cc1cc(C)c(C)c(C(O)c2c(F)cccc2Cl)c1C. The zero-order chi connectivity index (χ0) is 15.0. The molecule has 1 N–H and O–H groups in total. The topological polar surface area (TPSA) is 20.2 Å². The van der Waals surface area contributed by atoms with Crippen LogP contribution in [0.2, 0.25) is 5.02 Å². The summed E-state index contributed by atoms with van der Waals surface area (Å²) < 4.78 is 14.0. The van der Waals surface area contributed by atoms with Gasteiger partial charge in [-0.15, -0.1) is 0 Å². The van der Waals surface area contributed by atoms with Crippen molar-refractivity contribution in [3.8, 4) is 0 Å². The van der Waals surface area contributed by atoms with Crippen molar-refractivity contribution in [2.24, 2.45) is 0 Å². The molecule has 0 amide bonds. The lowest BCUT2D eigenvalue weighted by molar-refractivity contribution is 0.213. The fourth-order valence-electron chi connectivity index (χ4n) is 2.57. The molecule has 0 heterocycles. The summed E-state index contributed by atoms with van der Waals surface area (Å²) in [6, 6.07) is 6.52. The molecule has 0 saturated carbocycles. The molecule has 0 spiro atoms. The number of aliphatic hydroxyl groups is 1. The lowest BCUT2D eigenvalue weighted by Crippen LogP contribution is -2.09. The van der Waals surface area contributed by atoms with Crippen molar-refractivity contribution < 1.29 is 9.50 Å². The predicted molar refractivity (Wildman–Crippen MR) is 80.9 cm³/mol. The Bertz CT molecular complexity index is 618. The van der Waals surface area contributed by atoms with E-state index in [2.05, 4.69) is 6.07 Å². The van der Waals surface area contributed by atoms with Crippen molar-refractivity contribution in [3.63, 3.8) is 0 Å². The summed E-state index contributed by atoms with van der Waals surface area (Å²) in [7, 11) is 0. The molecule has 20 heavy (non-hydrogen) atoms. The maximum atomic E-state index is 14.0. The summed E-state index contributed by atoms with van der Waals surface area (Å²) in [6.07, 6.45) is -1.05. The molecule has 2 aromatic rings. The Morgan fingerprint density at radius 3 is 2.05 bits per heavy atom. The summed E-state index contributed by atoms with van der Waals surface area (Å²) in [5.74, 6) is -0.483. The first-order valence-corrected chi connectivity index (χ1v) is 6.91. The normalized spacial score (nSPS) is 12.6. The maximum Gasteiger partial charge on any atom is 0.130 e. The molecule has 0 radical (unpaired) electrons. The smallest absolute Gasteiger partial charge is 0.130 e. The Kier molecular flexibility index (Phi) is 4.17. The predicted octanol–water partition coefficient (Wildman–Crippen LogP) is 4.79. The molecule has 2 aromatic carbocycles. The van der Waals surface area contributed by atoms with Crippen LogP contribution in [0.3, 0.4) is 0 Å². The standard InChI is InChI=1S/C17H18ClFO/c1-9-8-10(2)12(4)15(11(9)3)17(20)16-13(18)6-5-7-14(16)19/h5-8,17,20H,1-4H3. The van der Waals surface area contributed by atoms with Crippen molar-refractivity contribution in [1.29, 1.82) is 0 Å². The van der Waals surface area contributed by atoms with Crippen LogP contribution in [-0.2, 0) is 0 Å². The van der Waals surface area contributed by atoms with Gasteiger partial charge in [0.15, 0.2) is 0 Å². The van der Waals surface area contributed by atoms with Gasteiger partial charge in [-0.2, -0.15) is 0 Å². The second-order valence-electron chi connectivity index (χ2n) is 5.21. The number of hydrogen-bond acceptors (Lipinski definition) is 1. The third-order valence-electron chi connectivity index (χ3n) is 3.97. The van der Waals surface area contributed by atoms with E-state index in [1.807, 2.05) is 27.7 Å². The molecule has 3 heteroatoms. The van der Waals surface area contributed by atoms with Crippen molar-refractivity contribution in [1.82, 2.24) is 0 Å². The van der Waals surface area contributed by atoms with Crippen LogP contribution >= 0.6 is 11.6 Å². The van der Waals surface area contributed by atoms with Crippen molar-refractivity contribution in [2.45, 2.75) is 33.8 Å². The van der Waals surface area contributed by atoms with Crippen LogP contribution in [0.4, 0.5) is 4.39 Å². The highest BCUT2D eigenvalue weighted by atomic mass is 35.5. The molecule has 0 fully saturated rings. The fourth-order valence-corrected chi connectivity index (χ4v) is 2.84. The quantitative estimate of drug-likeness (QED) is 0.843. The van der Waals surface area contributed by atoms with Gasteiger partial charge in [0.1, 0.15) is 11.9 Å². The van der Waals surface area contributed by atoms with E-state index in [0.717, 1.165) is 27.8 Å². The van der Waals surface area contributed by atoms with Gasteiger partial charge < -0.3 is 5.11 Å². The molecule has 0 saturated heterocycles. The summed E-state index contributed by atoms with van der Waals surface area (Å²) in [5.41, 5.74) is 4.99. The molecule has 0 aliphatic carbocycles. The van der Waals surface area contributed by atoms with Crippen molar-refractivity contribution in [2.75, 3.05) is 0 Å². The summed E-state index contributed by atoms with van der Waals surface area (Å²) >= 11 is 6.06. The second kappa shape index (κ2) is 5.55. The lowest BCUT2D eigenvalue weighted by Gasteiger charge is -2.21. The maximum absolute atomic E-state index is 14.0. The highest BCUT2D eigenvalue weighted by Gasteiger charge is 2.23. The number of halogens is 2. The van der Waals surface area contributed by atoms with Gasteiger partial charge in [0.2, 0.25) is 0 Å². The largest absolute Gasteiger partial charge is 0.383 e. The van der Waals surface area contributed by atoms with E-state index in [-0.39, 0.29) is 10.6 Å². The minimum atomic E-state index is -1.05. The number of benzene rings is 2. The lowest BCUT2D eigenvalue weighted by atomic mass is 9.88. The van der Waals surface area contributed by atoms with E-state index in [1.54, 1.807) is 6.07 Å². The van der Waals surface area contributed by atoms with Gasteiger partial charge in [0.25, 0.3) is 0 Å². The van der Waals surface area contributed by atoms with Gasteiger partial charge in [-0.25, -0.2) is 4.39 Å². The number of aliphatic hydroxyl groups excluding tert-OH is 1. The van der Waals surface area contributed by atoms with Crippen LogP contribution in [0.25, 0.3) is 0 Å². The van der Waals surface area contributed by atoms with Gasteiger partial charge in [-0.05, 0) is 67.6 Å². The summed E-state index contributed by atoms with van der Waals surface area (Å²) in [6.45, 7) is 7.85. The van der Waals surface area contributed by atoms with Gasteiger partial charge in [-0.1, -0.05) is 23.7 Å². The molecule has 0 aliphatic heterocycles. The van der Waals surface area contributed by atoms with Crippen LogP contribution in [0.1, 0.15) is 39.5 Å². The monoisotopic (exact) mass is 292 g/mol. The van der Waals surface area contributed by atoms with E-state index < -0.39 is 11.9 Å². The Labute approximate surface area is 124 Å². The Morgan fingerprint density at radius 2 is 1.55 bits per heavy atom. The van der Waals surface area contributed by atoms with Crippen LogP contribution < -0.4 is 0 Å². The molecule has 1 atom stereocenters. The minimum absolute atomic E-state index is 0.144.